The fourth-order valence-electron chi connectivity index (χ4n) is 3.70. The number of para-hydroxylation sites is 1. The lowest BCUT2D eigenvalue weighted by Crippen LogP contribution is -2.51. The Hall–Kier alpha value is -1.92. The molecule has 0 amide bonds. The monoisotopic (exact) mass is 361 g/mol. The van der Waals surface area contributed by atoms with Crippen molar-refractivity contribution in [1.29, 1.82) is 0 Å². The van der Waals surface area contributed by atoms with E-state index >= 15 is 0 Å². The second kappa shape index (κ2) is 6.11. The van der Waals surface area contributed by atoms with Crippen LogP contribution < -0.4 is 4.74 Å². The smallest absolute Gasteiger partial charge is 0.243 e. The molecule has 25 heavy (non-hydrogen) atoms. The Kier molecular flexibility index (Phi) is 4.04. The first-order valence-electron chi connectivity index (χ1n) is 8.51. The lowest BCUT2D eigenvalue weighted by atomic mass is 9.84. The molecule has 2 aliphatic heterocycles. The second-order valence-electron chi connectivity index (χ2n) is 6.75. The molecule has 0 radical (unpaired) electrons. The van der Waals surface area contributed by atoms with E-state index in [-0.39, 0.29) is 10.5 Å². The summed E-state index contributed by atoms with van der Waals surface area (Å²) in [7, 11) is -3.58. The fourth-order valence-corrected chi connectivity index (χ4v) is 5.14. The van der Waals surface area contributed by atoms with Crippen molar-refractivity contribution in [3.05, 3.63) is 59.9 Å². The summed E-state index contributed by atoms with van der Waals surface area (Å²) < 4.78 is 46.3. The van der Waals surface area contributed by atoms with Gasteiger partial charge in [0.2, 0.25) is 10.0 Å². The number of benzene rings is 2. The summed E-state index contributed by atoms with van der Waals surface area (Å²) in [6.45, 7) is 0.837. The van der Waals surface area contributed by atoms with Crippen LogP contribution in [0.2, 0.25) is 0 Å². The first-order valence-corrected chi connectivity index (χ1v) is 9.95. The van der Waals surface area contributed by atoms with Crippen molar-refractivity contribution >= 4 is 10.0 Å². The summed E-state index contributed by atoms with van der Waals surface area (Å²) in [6, 6.07) is 13.0. The van der Waals surface area contributed by atoms with E-state index in [2.05, 4.69) is 6.07 Å². The third-order valence-electron chi connectivity index (χ3n) is 5.23. The molecule has 0 aromatic heterocycles. The highest BCUT2D eigenvalue weighted by molar-refractivity contribution is 7.89. The summed E-state index contributed by atoms with van der Waals surface area (Å²) >= 11 is 0. The van der Waals surface area contributed by atoms with Gasteiger partial charge >= 0.3 is 0 Å². The Morgan fingerprint density at radius 2 is 1.64 bits per heavy atom. The Bertz CT molecular complexity index is 872. The van der Waals surface area contributed by atoms with Gasteiger partial charge in [-0.1, -0.05) is 18.2 Å². The Labute approximate surface area is 147 Å². The number of hydrogen-bond donors (Lipinski definition) is 0. The molecule has 132 valence electrons. The van der Waals surface area contributed by atoms with Crippen LogP contribution in [0.15, 0.2) is 53.4 Å². The molecule has 0 saturated carbocycles. The molecular weight excluding hydrogens is 341 g/mol. The van der Waals surface area contributed by atoms with Crippen molar-refractivity contribution in [3.8, 4) is 5.75 Å². The van der Waals surface area contributed by atoms with Crippen LogP contribution in [0.5, 0.6) is 5.75 Å². The Morgan fingerprint density at radius 3 is 2.36 bits per heavy atom. The molecule has 0 N–H and O–H groups in total. The molecule has 4 nitrogen and oxygen atoms in total. The standard InChI is InChI=1S/C19H20FNO3S/c20-16-5-7-17(8-6-16)25(22,23)21-13-11-19(12-14-21)10-9-15-3-1-2-4-18(15)24-19/h1-8H,9-14H2. The number of rotatable bonds is 2. The van der Waals surface area contributed by atoms with Gasteiger partial charge in [0, 0.05) is 25.9 Å². The predicted molar refractivity (Wildman–Crippen MR) is 92.5 cm³/mol. The van der Waals surface area contributed by atoms with E-state index in [1.807, 2.05) is 18.2 Å². The van der Waals surface area contributed by atoms with Gasteiger partial charge in [-0.05, 0) is 48.7 Å². The minimum absolute atomic E-state index is 0.139. The molecule has 1 spiro atoms. The molecule has 0 unspecified atom stereocenters. The maximum atomic E-state index is 13.1. The van der Waals surface area contributed by atoms with Crippen molar-refractivity contribution in [2.45, 2.75) is 36.2 Å². The number of halogens is 1. The fraction of sp³-hybridized carbons (Fsp3) is 0.368. The zero-order chi connectivity index (χ0) is 17.5. The topological polar surface area (TPSA) is 46.6 Å². The van der Waals surface area contributed by atoms with Gasteiger partial charge in [0.25, 0.3) is 0 Å². The summed E-state index contributed by atoms with van der Waals surface area (Å²) in [5, 5.41) is 0. The minimum Gasteiger partial charge on any atom is -0.487 e. The molecular formula is C19H20FNO3S. The quantitative estimate of drug-likeness (QED) is 0.824. The highest BCUT2D eigenvalue weighted by Gasteiger charge is 2.42. The van der Waals surface area contributed by atoms with Crippen LogP contribution in [0.25, 0.3) is 0 Å². The molecule has 2 aromatic rings. The van der Waals surface area contributed by atoms with E-state index in [0.717, 1.165) is 18.6 Å². The summed E-state index contributed by atoms with van der Waals surface area (Å²) in [4.78, 5) is 0.139. The number of aryl methyl sites for hydroxylation is 1. The lowest BCUT2D eigenvalue weighted by Gasteiger charge is -2.44. The second-order valence-corrected chi connectivity index (χ2v) is 8.69. The Morgan fingerprint density at radius 1 is 0.960 bits per heavy atom. The third-order valence-corrected chi connectivity index (χ3v) is 7.15. The molecule has 1 saturated heterocycles. The zero-order valence-corrected chi connectivity index (χ0v) is 14.6. The van der Waals surface area contributed by atoms with E-state index in [9.17, 15) is 12.8 Å². The molecule has 2 aromatic carbocycles. The third kappa shape index (κ3) is 3.04. The van der Waals surface area contributed by atoms with Gasteiger partial charge in [-0.25, -0.2) is 12.8 Å². The highest BCUT2D eigenvalue weighted by atomic mass is 32.2. The lowest BCUT2D eigenvalue weighted by molar-refractivity contribution is 0.00181. The molecule has 2 aliphatic rings. The molecule has 4 rings (SSSR count). The van der Waals surface area contributed by atoms with Crippen LogP contribution in [-0.2, 0) is 16.4 Å². The van der Waals surface area contributed by atoms with E-state index in [4.69, 9.17) is 4.74 Å². The Balaban J connectivity index is 1.49. The molecule has 1 fully saturated rings. The molecule has 6 heteroatoms. The van der Waals surface area contributed by atoms with Gasteiger partial charge in [-0.15, -0.1) is 0 Å². The van der Waals surface area contributed by atoms with Crippen molar-refractivity contribution in [2.24, 2.45) is 0 Å². The number of ether oxygens (including phenoxy) is 1. The van der Waals surface area contributed by atoms with Crippen LogP contribution in [0, 0.1) is 5.82 Å². The summed E-state index contributed by atoms with van der Waals surface area (Å²) in [5.41, 5.74) is 0.942. The van der Waals surface area contributed by atoms with Crippen molar-refractivity contribution in [2.75, 3.05) is 13.1 Å². The highest BCUT2D eigenvalue weighted by Crippen LogP contribution is 2.40. The predicted octanol–water partition coefficient (Wildman–Crippen LogP) is 3.37. The summed E-state index contributed by atoms with van der Waals surface area (Å²) in [5.74, 6) is 0.481. The number of sulfonamides is 1. The average molecular weight is 361 g/mol. The number of fused-ring (bicyclic) bond motifs is 1. The summed E-state index contributed by atoms with van der Waals surface area (Å²) in [6.07, 6.45) is 3.21. The van der Waals surface area contributed by atoms with E-state index in [0.29, 0.717) is 25.9 Å². The number of nitrogens with zero attached hydrogens (tertiary/aromatic N) is 1. The van der Waals surface area contributed by atoms with Crippen LogP contribution in [0.3, 0.4) is 0 Å². The van der Waals surface area contributed by atoms with Gasteiger partial charge < -0.3 is 4.74 Å². The zero-order valence-electron chi connectivity index (χ0n) is 13.8. The SMILES string of the molecule is O=S(=O)(c1ccc(F)cc1)N1CCC2(CCc3ccccc3O2)CC1. The van der Waals surface area contributed by atoms with Crippen LogP contribution >= 0.6 is 0 Å². The largest absolute Gasteiger partial charge is 0.487 e. The normalized spacial score (nSPS) is 20.0. The van der Waals surface area contributed by atoms with Crippen molar-refractivity contribution in [1.82, 2.24) is 4.31 Å². The molecule has 0 bridgehead atoms. The number of hydrogen-bond acceptors (Lipinski definition) is 3. The van der Waals surface area contributed by atoms with Gasteiger partial charge in [-0.3, -0.25) is 0 Å². The average Bonchev–Trinajstić information content (AvgIpc) is 2.62. The van der Waals surface area contributed by atoms with Gasteiger partial charge in [0.05, 0.1) is 4.90 Å². The van der Waals surface area contributed by atoms with Crippen molar-refractivity contribution in [3.63, 3.8) is 0 Å². The number of piperidine rings is 1. The van der Waals surface area contributed by atoms with E-state index < -0.39 is 15.8 Å². The van der Waals surface area contributed by atoms with Crippen molar-refractivity contribution < 1.29 is 17.5 Å². The molecule has 0 aliphatic carbocycles. The first kappa shape index (κ1) is 16.5. The van der Waals surface area contributed by atoms with Crippen LogP contribution in [0.1, 0.15) is 24.8 Å². The van der Waals surface area contributed by atoms with E-state index in [1.165, 1.54) is 34.1 Å². The maximum Gasteiger partial charge on any atom is 0.243 e. The van der Waals surface area contributed by atoms with Gasteiger partial charge in [-0.2, -0.15) is 4.31 Å². The first-order chi connectivity index (χ1) is 12.0. The minimum atomic E-state index is -3.58. The van der Waals surface area contributed by atoms with Gasteiger partial charge in [0.15, 0.2) is 0 Å². The van der Waals surface area contributed by atoms with Gasteiger partial charge in [0.1, 0.15) is 17.2 Å². The van der Waals surface area contributed by atoms with Crippen LogP contribution in [-0.4, -0.2) is 31.4 Å². The van der Waals surface area contributed by atoms with Crippen LogP contribution in [0.4, 0.5) is 4.39 Å². The van der Waals surface area contributed by atoms with E-state index in [1.54, 1.807) is 0 Å². The maximum absolute atomic E-state index is 13.1. The molecule has 2 heterocycles. The molecule has 0 atom stereocenters.